The number of primary amides is 1. The zero-order chi connectivity index (χ0) is 22.7. The molecule has 3 N–H and O–H groups in total. The molecule has 3 rings (SSSR count). The summed E-state index contributed by atoms with van der Waals surface area (Å²) in [5, 5.41) is 4.01. The number of nitrogens with one attached hydrogen (secondary N) is 1. The van der Waals surface area contributed by atoms with E-state index in [0.29, 0.717) is 12.0 Å². The normalized spacial score (nSPS) is 9.93. The van der Waals surface area contributed by atoms with E-state index in [1.807, 2.05) is 57.2 Å². The maximum atomic E-state index is 12.9. The van der Waals surface area contributed by atoms with Gasteiger partial charge < -0.3 is 15.5 Å². The number of carbonyl (C=O) groups is 2. The van der Waals surface area contributed by atoms with Crippen molar-refractivity contribution < 1.29 is 14.0 Å². The zero-order valence-corrected chi connectivity index (χ0v) is 19.0. The second kappa shape index (κ2) is 12.6. The number of para-hydroxylation sites is 1. The van der Waals surface area contributed by atoms with Gasteiger partial charge in [0.1, 0.15) is 11.3 Å². The van der Waals surface area contributed by atoms with Gasteiger partial charge in [0.25, 0.3) is 0 Å². The summed E-state index contributed by atoms with van der Waals surface area (Å²) >= 11 is 0. The Morgan fingerprint density at radius 1 is 0.967 bits per heavy atom. The lowest BCUT2D eigenvalue weighted by atomic mass is 9.97. The van der Waals surface area contributed by atoms with Crippen LogP contribution in [0.1, 0.15) is 60.5 Å². The second-order valence-electron chi connectivity index (χ2n) is 7.02. The smallest absolute Gasteiger partial charge is 0.214 e. The Morgan fingerprint density at radius 3 is 1.97 bits per heavy atom. The van der Waals surface area contributed by atoms with Gasteiger partial charge in [0.2, 0.25) is 5.91 Å². The summed E-state index contributed by atoms with van der Waals surface area (Å²) < 4.78 is 5.83. The van der Waals surface area contributed by atoms with Crippen LogP contribution in [0, 0.1) is 13.8 Å². The largest absolute Gasteiger partial charge is 0.460 e. The lowest BCUT2D eigenvalue weighted by molar-refractivity contribution is -0.115. The molecule has 5 nitrogen and oxygen atoms in total. The molecule has 0 spiro atoms. The van der Waals surface area contributed by atoms with Crippen molar-refractivity contribution in [2.75, 3.05) is 13.1 Å². The summed E-state index contributed by atoms with van der Waals surface area (Å²) in [5.41, 5.74) is 8.89. The number of hydrogen-bond donors (Lipinski definition) is 2. The van der Waals surface area contributed by atoms with Crippen LogP contribution in [0.2, 0.25) is 0 Å². The van der Waals surface area contributed by atoms with Gasteiger partial charge in [-0.1, -0.05) is 56.2 Å². The van der Waals surface area contributed by atoms with E-state index in [1.165, 1.54) is 6.92 Å². The van der Waals surface area contributed by atoms with Crippen molar-refractivity contribution in [3.63, 3.8) is 0 Å². The third-order valence-electron chi connectivity index (χ3n) is 4.20. The van der Waals surface area contributed by atoms with E-state index in [2.05, 4.69) is 31.0 Å². The molecule has 5 heteroatoms. The molecular formula is C25H34N2O3. The standard InChI is InChI=1S/C19H18O2.C4H11N.C2H5NO/c1-4-16-18(15-7-5-6-8-17(15)21-16)19(20)14-10-12(2)9-13(3)11-14;1-3-5-4-2;1-2(3)4/h5-11H,4H2,1-3H3;5H,3-4H2,1-2H3;1H3,(H2,3,4). The highest BCUT2D eigenvalue weighted by atomic mass is 16.3. The number of carbonyl (C=O) groups excluding carboxylic acids is 2. The Balaban J connectivity index is 0.000000425. The van der Waals surface area contributed by atoms with E-state index in [0.717, 1.165) is 46.5 Å². The molecule has 0 aliphatic rings. The molecule has 0 unspecified atom stereocenters. The van der Waals surface area contributed by atoms with Crippen LogP contribution in [-0.4, -0.2) is 24.8 Å². The summed E-state index contributed by atoms with van der Waals surface area (Å²) in [4.78, 5) is 22.2. The van der Waals surface area contributed by atoms with Crippen molar-refractivity contribution in [1.82, 2.24) is 5.32 Å². The summed E-state index contributed by atoms with van der Waals surface area (Å²) in [6.07, 6.45) is 0.709. The first-order valence-corrected chi connectivity index (χ1v) is 10.3. The molecule has 0 saturated heterocycles. The van der Waals surface area contributed by atoms with Gasteiger partial charge in [-0.15, -0.1) is 0 Å². The van der Waals surface area contributed by atoms with Gasteiger partial charge in [0.05, 0.1) is 5.56 Å². The molecule has 2 aromatic carbocycles. The highest BCUT2D eigenvalue weighted by molar-refractivity contribution is 6.17. The molecule has 1 aromatic heterocycles. The summed E-state index contributed by atoms with van der Waals surface area (Å²) in [5.74, 6) is 0.476. The molecule has 0 fully saturated rings. The first-order chi connectivity index (χ1) is 14.2. The highest BCUT2D eigenvalue weighted by Gasteiger charge is 2.21. The lowest BCUT2D eigenvalue weighted by Gasteiger charge is -2.05. The van der Waals surface area contributed by atoms with Crippen LogP contribution in [-0.2, 0) is 11.2 Å². The number of hydrogen-bond acceptors (Lipinski definition) is 4. The molecule has 0 bridgehead atoms. The molecule has 0 aliphatic heterocycles. The number of aryl methyl sites for hydroxylation is 3. The molecule has 1 heterocycles. The van der Waals surface area contributed by atoms with E-state index in [9.17, 15) is 9.59 Å². The molecule has 1 amide bonds. The predicted molar refractivity (Wildman–Crippen MR) is 124 cm³/mol. The number of ketones is 1. The summed E-state index contributed by atoms with van der Waals surface area (Å²) in [6.45, 7) is 13.7. The van der Waals surface area contributed by atoms with Crippen LogP contribution in [0.15, 0.2) is 46.9 Å². The van der Waals surface area contributed by atoms with E-state index >= 15 is 0 Å². The second-order valence-corrected chi connectivity index (χ2v) is 7.02. The van der Waals surface area contributed by atoms with Crippen LogP contribution in [0.25, 0.3) is 11.0 Å². The van der Waals surface area contributed by atoms with Gasteiger partial charge in [0, 0.05) is 24.3 Å². The van der Waals surface area contributed by atoms with E-state index in [4.69, 9.17) is 4.42 Å². The highest BCUT2D eigenvalue weighted by Crippen LogP contribution is 2.29. The Bertz CT molecular complexity index is 947. The fourth-order valence-corrected chi connectivity index (χ4v) is 3.09. The first-order valence-electron chi connectivity index (χ1n) is 10.3. The van der Waals surface area contributed by atoms with Gasteiger partial charge in [-0.25, -0.2) is 0 Å². The number of amides is 1. The number of furan rings is 1. The van der Waals surface area contributed by atoms with Crippen molar-refractivity contribution >= 4 is 22.7 Å². The maximum absolute atomic E-state index is 12.9. The van der Waals surface area contributed by atoms with Crippen molar-refractivity contribution in [3.05, 3.63) is 70.5 Å². The number of nitrogens with two attached hydrogens (primary N) is 1. The monoisotopic (exact) mass is 410 g/mol. The van der Waals surface area contributed by atoms with Gasteiger partial charge >= 0.3 is 0 Å². The van der Waals surface area contributed by atoms with E-state index in [1.54, 1.807) is 0 Å². The van der Waals surface area contributed by atoms with Crippen LogP contribution in [0.3, 0.4) is 0 Å². The summed E-state index contributed by atoms with van der Waals surface area (Å²) in [7, 11) is 0. The Labute approximate surface area is 179 Å². The molecule has 0 aliphatic carbocycles. The van der Waals surface area contributed by atoms with Crippen LogP contribution < -0.4 is 11.1 Å². The van der Waals surface area contributed by atoms with Crippen molar-refractivity contribution in [2.45, 2.75) is 48.0 Å². The molecule has 30 heavy (non-hydrogen) atoms. The van der Waals surface area contributed by atoms with Gasteiger partial charge in [-0.2, -0.15) is 0 Å². The minimum Gasteiger partial charge on any atom is -0.460 e. The number of fused-ring (bicyclic) bond motifs is 1. The van der Waals surface area contributed by atoms with E-state index < -0.39 is 0 Å². The fraction of sp³-hybridized carbons (Fsp3) is 0.360. The van der Waals surface area contributed by atoms with E-state index in [-0.39, 0.29) is 11.7 Å². The fourth-order valence-electron chi connectivity index (χ4n) is 3.09. The third kappa shape index (κ3) is 7.48. The molecule has 0 atom stereocenters. The average molecular weight is 411 g/mol. The molecular weight excluding hydrogens is 376 g/mol. The maximum Gasteiger partial charge on any atom is 0.214 e. The Kier molecular flexibility index (Phi) is 10.6. The topological polar surface area (TPSA) is 85.3 Å². The van der Waals surface area contributed by atoms with Gasteiger partial charge in [0.15, 0.2) is 5.78 Å². The minimum absolute atomic E-state index is 0.0450. The Morgan fingerprint density at radius 2 is 1.50 bits per heavy atom. The van der Waals surface area contributed by atoms with Crippen LogP contribution >= 0.6 is 0 Å². The molecule has 0 radical (unpaired) electrons. The lowest BCUT2D eigenvalue weighted by Crippen LogP contribution is -2.09. The predicted octanol–water partition coefficient (Wildman–Crippen LogP) is 4.95. The van der Waals surface area contributed by atoms with Crippen molar-refractivity contribution in [3.8, 4) is 0 Å². The van der Waals surface area contributed by atoms with Crippen molar-refractivity contribution in [1.29, 1.82) is 0 Å². The van der Waals surface area contributed by atoms with Crippen LogP contribution in [0.4, 0.5) is 0 Å². The first kappa shape index (κ1) is 25.1. The van der Waals surface area contributed by atoms with Gasteiger partial charge in [-0.05, 0) is 45.1 Å². The van der Waals surface area contributed by atoms with Crippen LogP contribution in [0.5, 0.6) is 0 Å². The SMILES string of the molecule is CC(N)=O.CCNCC.CCc1oc2ccccc2c1C(=O)c1cc(C)cc(C)c1. The van der Waals surface area contributed by atoms with Crippen molar-refractivity contribution in [2.24, 2.45) is 5.73 Å². The molecule has 162 valence electrons. The Hall–Kier alpha value is -2.92. The average Bonchev–Trinajstić information content (AvgIpc) is 3.06. The number of rotatable bonds is 5. The molecule has 0 saturated carbocycles. The summed E-state index contributed by atoms with van der Waals surface area (Å²) in [6, 6.07) is 13.7. The number of benzene rings is 2. The third-order valence-corrected chi connectivity index (χ3v) is 4.20. The zero-order valence-electron chi connectivity index (χ0n) is 19.0. The quantitative estimate of drug-likeness (QED) is 0.583. The molecule has 3 aromatic rings. The van der Waals surface area contributed by atoms with Gasteiger partial charge in [-0.3, -0.25) is 9.59 Å². The minimum atomic E-state index is -0.333.